The second-order valence-corrected chi connectivity index (χ2v) is 6.00. The Balaban J connectivity index is 2.08. The summed E-state index contributed by atoms with van der Waals surface area (Å²) < 4.78 is 11.2. The molecular weight excluding hydrogens is 304 g/mol. The summed E-state index contributed by atoms with van der Waals surface area (Å²) in [7, 11) is 0. The van der Waals surface area contributed by atoms with Gasteiger partial charge in [0, 0.05) is 6.07 Å². The summed E-state index contributed by atoms with van der Waals surface area (Å²) >= 11 is 0. The number of aromatic hydroxyl groups is 1. The first-order valence-electron chi connectivity index (χ1n) is 8.04. The Hall–Kier alpha value is -2.75. The summed E-state index contributed by atoms with van der Waals surface area (Å²) in [4.78, 5) is 12.8. The Kier molecular flexibility index (Phi) is 4.30. The molecule has 3 aromatic rings. The third-order valence-electron chi connectivity index (χ3n) is 3.89. The topological polar surface area (TPSA) is 59.7 Å². The van der Waals surface area contributed by atoms with Gasteiger partial charge in [0.15, 0.2) is 0 Å². The Morgan fingerprint density at radius 1 is 1.17 bits per heavy atom. The maximum absolute atomic E-state index is 12.8. The SMILES string of the molecule is CCc1cc2c(=O)c(-c3ccc(OC(C)C)cc3)coc2cc1O. The fourth-order valence-corrected chi connectivity index (χ4v) is 2.68. The molecule has 2 aromatic carbocycles. The predicted molar refractivity (Wildman–Crippen MR) is 94.7 cm³/mol. The molecule has 124 valence electrons. The van der Waals surface area contributed by atoms with E-state index in [1.165, 1.54) is 12.3 Å². The van der Waals surface area contributed by atoms with E-state index < -0.39 is 0 Å². The molecule has 0 fully saturated rings. The first-order valence-corrected chi connectivity index (χ1v) is 8.04. The molecule has 24 heavy (non-hydrogen) atoms. The molecule has 0 unspecified atom stereocenters. The number of aryl methyl sites for hydroxylation is 1. The number of rotatable bonds is 4. The van der Waals surface area contributed by atoms with Crippen LogP contribution in [0.2, 0.25) is 0 Å². The van der Waals surface area contributed by atoms with E-state index in [2.05, 4.69) is 0 Å². The zero-order valence-corrected chi connectivity index (χ0v) is 14.0. The number of fused-ring (bicyclic) bond motifs is 1. The number of benzene rings is 2. The molecule has 0 aliphatic rings. The van der Waals surface area contributed by atoms with Crippen molar-refractivity contribution in [2.24, 2.45) is 0 Å². The standard InChI is InChI=1S/C20H20O4/c1-4-13-9-16-19(10-18(13)21)23-11-17(20(16)22)14-5-7-15(8-6-14)24-12(2)3/h5-12,21H,4H2,1-3H3. The average Bonchev–Trinajstić information content (AvgIpc) is 2.55. The number of hydrogen-bond donors (Lipinski definition) is 1. The fourth-order valence-electron chi connectivity index (χ4n) is 2.68. The molecule has 1 N–H and O–H groups in total. The van der Waals surface area contributed by atoms with Crippen molar-refractivity contribution in [3.05, 3.63) is 58.4 Å². The Bertz CT molecular complexity index is 921. The molecule has 0 atom stereocenters. The predicted octanol–water partition coefficient (Wildman–Crippen LogP) is 4.52. The van der Waals surface area contributed by atoms with Crippen LogP contribution in [0.25, 0.3) is 22.1 Å². The van der Waals surface area contributed by atoms with Crippen LogP contribution in [0.1, 0.15) is 26.3 Å². The van der Waals surface area contributed by atoms with Crippen LogP contribution in [0.15, 0.2) is 51.9 Å². The normalized spacial score (nSPS) is 11.2. The molecule has 3 rings (SSSR count). The Morgan fingerprint density at radius 2 is 1.88 bits per heavy atom. The van der Waals surface area contributed by atoms with E-state index in [-0.39, 0.29) is 17.3 Å². The van der Waals surface area contributed by atoms with Gasteiger partial charge in [-0.2, -0.15) is 0 Å². The molecule has 0 radical (unpaired) electrons. The van der Waals surface area contributed by atoms with Crippen molar-refractivity contribution in [2.45, 2.75) is 33.3 Å². The van der Waals surface area contributed by atoms with Crippen LogP contribution in [0.5, 0.6) is 11.5 Å². The lowest BCUT2D eigenvalue weighted by Crippen LogP contribution is -2.06. The molecule has 0 saturated heterocycles. The molecule has 0 aliphatic heterocycles. The van der Waals surface area contributed by atoms with Gasteiger partial charge in [-0.15, -0.1) is 0 Å². The van der Waals surface area contributed by atoms with E-state index in [4.69, 9.17) is 9.15 Å². The fraction of sp³-hybridized carbons (Fsp3) is 0.250. The molecule has 1 aromatic heterocycles. The molecule has 0 spiro atoms. The molecule has 1 heterocycles. The second kappa shape index (κ2) is 6.40. The van der Waals surface area contributed by atoms with E-state index >= 15 is 0 Å². The zero-order chi connectivity index (χ0) is 17.3. The summed E-state index contributed by atoms with van der Waals surface area (Å²) in [6.45, 7) is 5.86. The van der Waals surface area contributed by atoms with Gasteiger partial charge in [0.05, 0.1) is 17.1 Å². The van der Waals surface area contributed by atoms with Crippen LogP contribution in [-0.2, 0) is 6.42 Å². The van der Waals surface area contributed by atoms with Gasteiger partial charge < -0.3 is 14.3 Å². The van der Waals surface area contributed by atoms with Crippen molar-refractivity contribution in [1.29, 1.82) is 0 Å². The highest BCUT2D eigenvalue weighted by atomic mass is 16.5. The molecule has 4 nitrogen and oxygen atoms in total. The minimum atomic E-state index is -0.108. The summed E-state index contributed by atoms with van der Waals surface area (Å²) in [5.41, 5.74) is 2.27. The van der Waals surface area contributed by atoms with Gasteiger partial charge in [-0.1, -0.05) is 19.1 Å². The van der Waals surface area contributed by atoms with Crippen molar-refractivity contribution in [3.63, 3.8) is 0 Å². The largest absolute Gasteiger partial charge is 0.508 e. The lowest BCUT2D eigenvalue weighted by molar-refractivity contribution is 0.242. The highest BCUT2D eigenvalue weighted by Crippen LogP contribution is 2.27. The third-order valence-corrected chi connectivity index (χ3v) is 3.89. The van der Waals surface area contributed by atoms with Crippen LogP contribution >= 0.6 is 0 Å². The number of ether oxygens (including phenoxy) is 1. The van der Waals surface area contributed by atoms with Crippen LogP contribution in [0, 0.1) is 0 Å². The maximum Gasteiger partial charge on any atom is 0.200 e. The first-order chi connectivity index (χ1) is 11.5. The van der Waals surface area contributed by atoms with Gasteiger partial charge >= 0.3 is 0 Å². The molecule has 4 heteroatoms. The van der Waals surface area contributed by atoms with Crippen molar-refractivity contribution in [1.82, 2.24) is 0 Å². The lowest BCUT2D eigenvalue weighted by atomic mass is 10.0. The molecule has 0 bridgehead atoms. The third kappa shape index (κ3) is 3.00. The first kappa shape index (κ1) is 16.1. The minimum Gasteiger partial charge on any atom is -0.508 e. The van der Waals surface area contributed by atoms with Crippen molar-refractivity contribution < 1.29 is 14.3 Å². The van der Waals surface area contributed by atoms with Crippen LogP contribution < -0.4 is 10.2 Å². The van der Waals surface area contributed by atoms with Crippen molar-refractivity contribution in [3.8, 4) is 22.6 Å². The van der Waals surface area contributed by atoms with E-state index in [0.29, 0.717) is 23.0 Å². The van der Waals surface area contributed by atoms with Gasteiger partial charge in [0.2, 0.25) is 5.43 Å². The molecule has 0 aliphatic carbocycles. The Morgan fingerprint density at radius 3 is 2.50 bits per heavy atom. The molecule has 0 saturated carbocycles. The monoisotopic (exact) mass is 324 g/mol. The van der Waals surface area contributed by atoms with E-state index in [9.17, 15) is 9.90 Å². The number of phenolic OH excluding ortho intramolecular Hbond substituents is 1. The highest BCUT2D eigenvalue weighted by Gasteiger charge is 2.12. The van der Waals surface area contributed by atoms with Crippen molar-refractivity contribution >= 4 is 11.0 Å². The van der Waals surface area contributed by atoms with Crippen LogP contribution in [-0.4, -0.2) is 11.2 Å². The molecule has 0 amide bonds. The van der Waals surface area contributed by atoms with E-state index in [0.717, 1.165) is 16.9 Å². The maximum atomic E-state index is 12.8. The summed E-state index contributed by atoms with van der Waals surface area (Å²) in [6, 6.07) is 10.6. The van der Waals surface area contributed by atoms with Gasteiger partial charge in [-0.25, -0.2) is 0 Å². The highest BCUT2D eigenvalue weighted by molar-refractivity contribution is 5.83. The summed E-state index contributed by atoms with van der Waals surface area (Å²) in [6.07, 6.45) is 2.18. The van der Waals surface area contributed by atoms with Gasteiger partial charge in [0.1, 0.15) is 23.3 Å². The van der Waals surface area contributed by atoms with Crippen LogP contribution in [0.4, 0.5) is 0 Å². The minimum absolute atomic E-state index is 0.0988. The average molecular weight is 324 g/mol. The number of hydrogen-bond acceptors (Lipinski definition) is 4. The quantitative estimate of drug-likeness (QED) is 0.767. The zero-order valence-electron chi connectivity index (χ0n) is 14.0. The summed E-state index contributed by atoms with van der Waals surface area (Å²) in [5.74, 6) is 0.910. The summed E-state index contributed by atoms with van der Waals surface area (Å²) in [5, 5.41) is 10.4. The number of phenols is 1. The van der Waals surface area contributed by atoms with Crippen molar-refractivity contribution in [2.75, 3.05) is 0 Å². The molecular formula is C20H20O4. The lowest BCUT2D eigenvalue weighted by Gasteiger charge is -2.10. The van der Waals surface area contributed by atoms with E-state index in [1.807, 2.05) is 45.0 Å². The van der Waals surface area contributed by atoms with Gasteiger partial charge in [-0.3, -0.25) is 4.79 Å². The van der Waals surface area contributed by atoms with Gasteiger partial charge in [0.25, 0.3) is 0 Å². The van der Waals surface area contributed by atoms with Crippen LogP contribution in [0.3, 0.4) is 0 Å². The smallest absolute Gasteiger partial charge is 0.200 e. The Labute approximate surface area is 140 Å². The van der Waals surface area contributed by atoms with Gasteiger partial charge in [-0.05, 0) is 49.6 Å². The van der Waals surface area contributed by atoms with E-state index in [1.54, 1.807) is 6.07 Å². The second-order valence-electron chi connectivity index (χ2n) is 6.00.